The van der Waals surface area contributed by atoms with E-state index >= 15 is 0 Å². The van der Waals surface area contributed by atoms with Gasteiger partial charge in [0.15, 0.2) is 0 Å². The van der Waals surface area contributed by atoms with E-state index in [0.29, 0.717) is 37.0 Å². The first-order chi connectivity index (χ1) is 14.7. The predicted octanol–water partition coefficient (Wildman–Crippen LogP) is 4.61. The Labute approximate surface area is 186 Å². The number of hydroxylamine groups is 1. The summed E-state index contributed by atoms with van der Waals surface area (Å²) in [6, 6.07) is 0. The van der Waals surface area contributed by atoms with Gasteiger partial charge in [-0.25, -0.2) is 5.48 Å². The maximum Gasteiger partial charge on any atom is 0.267 e. The zero-order chi connectivity index (χ0) is 22.6. The van der Waals surface area contributed by atoms with Gasteiger partial charge in [-0.05, 0) is 81.5 Å². The summed E-state index contributed by atoms with van der Waals surface area (Å²) in [6.07, 6.45) is 16.8. The highest BCUT2D eigenvalue weighted by atomic mass is 16.5. The van der Waals surface area contributed by atoms with Crippen LogP contribution in [0.1, 0.15) is 72.1 Å². The normalized spacial score (nSPS) is 36.5. The van der Waals surface area contributed by atoms with Crippen LogP contribution in [0.2, 0.25) is 0 Å². The highest BCUT2D eigenvalue weighted by molar-refractivity contribution is 5.86. The molecule has 31 heavy (non-hydrogen) atoms. The second-order valence-electron chi connectivity index (χ2n) is 10.2. The van der Waals surface area contributed by atoms with Crippen molar-refractivity contribution in [3.8, 4) is 0 Å². The number of allylic oxidation sites excluding steroid dienone is 6. The molecule has 3 rings (SSSR count). The number of hydrogen-bond acceptors (Lipinski definition) is 4. The average molecular weight is 430 g/mol. The van der Waals surface area contributed by atoms with Gasteiger partial charge in [-0.2, -0.15) is 0 Å². The fourth-order valence-electron chi connectivity index (χ4n) is 6.50. The molecule has 0 bridgehead atoms. The molecule has 0 spiro atoms. The zero-order valence-electron chi connectivity index (χ0n) is 19.2. The lowest BCUT2D eigenvalue weighted by molar-refractivity contribution is -0.124. The number of amides is 1. The van der Waals surface area contributed by atoms with E-state index in [1.165, 1.54) is 37.3 Å². The van der Waals surface area contributed by atoms with Gasteiger partial charge in [0.2, 0.25) is 0 Å². The van der Waals surface area contributed by atoms with E-state index in [0.717, 1.165) is 17.6 Å². The molecule has 3 saturated carbocycles. The lowest BCUT2D eigenvalue weighted by Crippen LogP contribution is -2.35. The van der Waals surface area contributed by atoms with Crippen LogP contribution in [0.3, 0.4) is 0 Å². The maximum absolute atomic E-state index is 11.2. The Morgan fingerprint density at radius 2 is 1.87 bits per heavy atom. The van der Waals surface area contributed by atoms with Crippen molar-refractivity contribution in [1.82, 2.24) is 5.48 Å². The van der Waals surface area contributed by atoms with E-state index in [4.69, 9.17) is 5.21 Å². The Balaban J connectivity index is 1.73. The monoisotopic (exact) mass is 429 g/mol. The minimum Gasteiger partial charge on any atom is -0.393 e. The Morgan fingerprint density at radius 1 is 1.16 bits per heavy atom. The molecule has 2 unspecified atom stereocenters. The fourth-order valence-corrected chi connectivity index (χ4v) is 6.50. The molecule has 0 aromatic carbocycles. The Hall–Kier alpha value is -1.69. The van der Waals surface area contributed by atoms with E-state index in [-0.39, 0.29) is 5.41 Å². The Morgan fingerprint density at radius 3 is 2.55 bits per heavy atom. The summed E-state index contributed by atoms with van der Waals surface area (Å²) in [4.78, 5) is 11.2. The van der Waals surface area contributed by atoms with Crippen LogP contribution in [0.4, 0.5) is 0 Å². The minimum absolute atomic E-state index is 0.274. The first-order valence-electron chi connectivity index (χ1n) is 11.8. The van der Waals surface area contributed by atoms with E-state index in [1.807, 2.05) is 6.92 Å². The van der Waals surface area contributed by atoms with Crippen molar-refractivity contribution in [3.63, 3.8) is 0 Å². The van der Waals surface area contributed by atoms with Gasteiger partial charge in [-0.15, -0.1) is 0 Å². The van der Waals surface area contributed by atoms with Crippen LogP contribution in [0.5, 0.6) is 0 Å². The molecule has 3 fully saturated rings. The molecule has 0 aromatic heterocycles. The summed E-state index contributed by atoms with van der Waals surface area (Å²) in [5.41, 5.74) is 5.63. The molecule has 0 saturated heterocycles. The third-order valence-corrected chi connectivity index (χ3v) is 7.88. The first kappa shape index (κ1) is 24.0. The number of carbonyl (C=O) groups excluding carboxylic acids is 1. The second-order valence-corrected chi connectivity index (χ2v) is 10.2. The molecular formula is C26H39NO4. The van der Waals surface area contributed by atoms with Crippen LogP contribution in [0, 0.1) is 23.2 Å². The summed E-state index contributed by atoms with van der Waals surface area (Å²) in [5.74, 6) is 1.09. The molecule has 3 aliphatic rings. The molecule has 6 atom stereocenters. The largest absolute Gasteiger partial charge is 0.393 e. The zero-order valence-corrected chi connectivity index (χ0v) is 19.2. The molecule has 0 heterocycles. The highest BCUT2D eigenvalue weighted by Crippen LogP contribution is 2.59. The average Bonchev–Trinajstić information content (AvgIpc) is 3.07. The number of fused-ring (bicyclic) bond motifs is 1. The van der Waals surface area contributed by atoms with Crippen LogP contribution in [0.15, 0.2) is 47.1 Å². The van der Waals surface area contributed by atoms with E-state index in [1.54, 1.807) is 11.6 Å². The third-order valence-electron chi connectivity index (χ3n) is 7.88. The molecule has 5 nitrogen and oxygen atoms in total. The second kappa shape index (κ2) is 10.3. The topological polar surface area (TPSA) is 89.8 Å². The molecule has 0 radical (unpaired) electrons. The summed E-state index contributed by atoms with van der Waals surface area (Å²) in [5, 5.41) is 28.6. The van der Waals surface area contributed by atoms with Gasteiger partial charge in [-0.1, -0.05) is 54.9 Å². The van der Waals surface area contributed by atoms with Crippen molar-refractivity contribution < 1.29 is 20.2 Å². The maximum atomic E-state index is 11.2. The van der Waals surface area contributed by atoms with Crippen LogP contribution < -0.4 is 5.48 Å². The predicted molar refractivity (Wildman–Crippen MR) is 122 cm³/mol. The number of aliphatic hydroxyl groups excluding tert-OH is 2. The molecule has 3 aliphatic carbocycles. The van der Waals surface area contributed by atoms with Crippen molar-refractivity contribution in [1.29, 1.82) is 0 Å². The van der Waals surface area contributed by atoms with Crippen LogP contribution in [0.25, 0.3) is 0 Å². The van der Waals surface area contributed by atoms with Gasteiger partial charge in [0.1, 0.15) is 0 Å². The molecule has 5 heteroatoms. The standard InChI is InChI=1S/C26H39NO4/c1-17(6-11-25(30)27-31)13-18(2)23-9-10-24-20(5-4-12-26(23,24)3)8-7-19-14-21(28)16-22(29)15-19/h6-8,11,13,18,21-24,28-29,31H,4-5,9-10,12,14-16H2,1-3H3,(H,27,30)/b11-6+,17-13+,20-8+/t18-,21-,22-,23?,24?,26-/m1/s1. The Kier molecular flexibility index (Phi) is 7.95. The smallest absolute Gasteiger partial charge is 0.267 e. The van der Waals surface area contributed by atoms with Gasteiger partial charge < -0.3 is 10.2 Å². The molecule has 4 N–H and O–H groups in total. The molecule has 0 aromatic rings. The van der Waals surface area contributed by atoms with Crippen LogP contribution in [-0.2, 0) is 4.79 Å². The van der Waals surface area contributed by atoms with Crippen molar-refractivity contribution in [2.24, 2.45) is 23.2 Å². The van der Waals surface area contributed by atoms with Crippen LogP contribution >= 0.6 is 0 Å². The van der Waals surface area contributed by atoms with Gasteiger partial charge in [0.25, 0.3) is 5.91 Å². The van der Waals surface area contributed by atoms with Gasteiger partial charge in [0.05, 0.1) is 12.2 Å². The highest BCUT2D eigenvalue weighted by Gasteiger charge is 2.50. The summed E-state index contributed by atoms with van der Waals surface area (Å²) in [7, 11) is 0. The minimum atomic E-state index is -0.512. The number of nitrogens with one attached hydrogen (secondary N) is 1. The summed E-state index contributed by atoms with van der Waals surface area (Å²) < 4.78 is 0. The van der Waals surface area contributed by atoms with Crippen molar-refractivity contribution in [2.45, 2.75) is 84.3 Å². The number of aliphatic hydroxyl groups is 2. The number of rotatable bonds is 5. The van der Waals surface area contributed by atoms with Crippen molar-refractivity contribution in [2.75, 3.05) is 0 Å². The summed E-state index contributed by atoms with van der Waals surface area (Å²) >= 11 is 0. The molecule has 0 aliphatic heterocycles. The molecule has 172 valence electrons. The lowest BCUT2D eigenvalue weighted by Gasteiger charge is -2.44. The van der Waals surface area contributed by atoms with Gasteiger partial charge in [-0.3, -0.25) is 10.0 Å². The van der Waals surface area contributed by atoms with E-state index in [2.05, 4.69) is 32.1 Å². The summed E-state index contributed by atoms with van der Waals surface area (Å²) in [6.45, 7) is 6.74. The van der Waals surface area contributed by atoms with Crippen molar-refractivity contribution >= 4 is 5.91 Å². The molecule has 1 amide bonds. The number of hydrogen-bond donors (Lipinski definition) is 4. The van der Waals surface area contributed by atoms with E-state index in [9.17, 15) is 15.0 Å². The lowest BCUT2D eigenvalue weighted by atomic mass is 9.61. The fraction of sp³-hybridized carbons (Fsp3) is 0.654. The molecular weight excluding hydrogens is 390 g/mol. The van der Waals surface area contributed by atoms with Crippen molar-refractivity contribution in [3.05, 3.63) is 47.1 Å². The van der Waals surface area contributed by atoms with Crippen LogP contribution in [-0.4, -0.2) is 33.5 Å². The van der Waals surface area contributed by atoms with Gasteiger partial charge in [0, 0.05) is 6.08 Å². The SMILES string of the molecule is CC(/C=C/C(=O)NO)=C\[C@@H](C)C1CCC2/C(=C/C=C3C[C@@H](O)C[C@H](O)C3)CCC[C@@]21C. The first-order valence-corrected chi connectivity index (χ1v) is 11.8. The quantitative estimate of drug-likeness (QED) is 0.222. The Bertz CT molecular complexity index is 768. The number of carbonyl (C=O) groups is 1. The van der Waals surface area contributed by atoms with E-state index < -0.39 is 18.1 Å². The third kappa shape index (κ3) is 5.76. The van der Waals surface area contributed by atoms with Gasteiger partial charge >= 0.3 is 0 Å².